The van der Waals surface area contributed by atoms with Crippen LogP contribution in [0.25, 0.3) is 5.76 Å². The molecule has 0 saturated heterocycles. The molecule has 0 aliphatic rings. The first-order valence-electron chi connectivity index (χ1n) is 6.12. The molecular formula is C15H11F3O3S. The van der Waals surface area contributed by atoms with Gasteiger partial charge in [-0.1, -0.05) is 17.7 Å². The van der Waals surface area contributed by atoms with E-state index in [1.54, 1.807) is 6.92 Å². The van der Waals surface area contributed by atoms with Crippen LogP contribution in [0.15, 0.2) is 59.5 Å². The minimum atomic E-state index is -4.41. The molecule has 3 nitrogen and oxygen atoms in total. The molecule has 0 aliphatic heterocycles. The number of hydrogen-bond acceptors (Lipinski definition) is 3. The van der Waals surface area contributed by atoms with Crippen LogP contribution in [0.4, 0.5) is 13.2 Å². The molecule has 0 radical (unpaired) electrons. The summed E-state index contributed by atoms with van der Waals surface area (Å²) in [5.74, 6) is -1.76. The number of rotatable bonds is 4. The second kappa shape index (κ2) is 6.23. The van der Waals surface area contributed by atoms with E-state index in [-0.39, 0.29) is 10.5 Å². The van der Waals surface area contributed by atoms with Gasteiger partial charge in [0.2, 0.25) is 5.76 Å². The van der Waals surface area contributed by atoms with Gasteiger partial charge in [0, 0.05) is 5.56 Å². The standard InChI is InChI=1S/C15H11F3O3S/c1-10-2-8-13(9-3-10)22(19,20)21-14(15(17)18)11-4-6-12(16)7-5-11/h2-9H,1H3. The molecule has 7 heteroatoms. The third-order valence-corrected chi connectivity index (χ3v) is 4.02. The van der Waals surface area contributed by atoms with Gasteiger partial charge in [0.15, 0.2) is 0 Å². The van der Waals surface area contributed by atoms with Gasteiger partial charge in [0.05, 0.1) is 0 Å². The van der Waals surface area contributed by atoms with Crippen LogP contribution in [0.1, 0.15) is 11.1 Å². The minimum absolute atomic E-state index is 0.239. The molecule has 0 fully saturated rings. The van der Waals surface area contributed by atoms with Gasteiger partial charge in [-0.2, -0.15) is 17.2 Å². The van der Waals surface area contributed by atoms with Crippen molar-refractivity contribution in [2.24, 2.45) is 0 Å². The second-order valence-corrected chi connectivity index (χ2v) is 5.99. The van der Waals surface area contributed by atoms with Crippen LogP contribution in [-0.4, -0.2) is 8.42 Å². The van der Waals surface area contributed by atoms with Crippen molar-refractivity contribution < 1.29 is 25.8 Å². The lowest BCUT2D eigenvalue weighted by Crippen LogP contribution is -2.06. The highest BCUT2D eigenvalue weighted by molar-refractivity contribution is 7.87. The fourth-order valence-corrected chi connectivity index (χ4v) is 2.60. The maximum Gasteiger partial charge on any atom is 0.339 e. The van der Waals surface area contributed by atoms with Crippen LogP contribution in [0.5, 0.6) is 0 Å². The summed E-state index contributed by atoms with van der Waals surface area (Å²) in [7, 11) is -4.41. The Hall–Kier alpha value is -2.28. The lowest BCUT2D eigenvalue weighted by molar-refractivity contribution is 0.381. The van der Waals surface area contributed by atoms with E-state index in [1.165, 1.54) is 24.3 Å². The zero-order chi connectivity index (χ0) is 16.3. The molecule has 0 unspecified atom stereocenters. The van der Waals surface area contributed by atoms with Crippen molar-refractivity contribution in [2.75, 3.05) is 0 Å². The smallest absolute Gasteiger partial charge is 0.339 e. The van der Waals surface area contributed by atoms with E-state index in [0.717, 1.165) is 29.8 Å². The SMILES string of the molecule is Cc1ccc(S(=O)(=O)OC(=C(F)F)c2ccc(F)cc2)cc1. The lowest BCUT2D eigenvalue weighted by atomic mass is 10.2. The molecule has 0 atom stereocenters. The molecule has 0 aliphatic carbocycles. The first-order valence-corrected chi connectivity index (χ1v) is 7.53. The number of hydrogen-bond donors (Lipinski definition) is 0. The molecule has 0 saturated carbocycles. The van der Waals surface area contributed by atoms with Crippen molar-refractivity contribution in [1.82, 2.24) is 0 Å². The molecule has 2 rings (SSSR count). The zero-order valence-corrected chi connectivity index (χ0v) is 12.2. The summed E-state index contributed by atoms with van der Waals surface area (Å²) in [5, 5.41) is 0. The highest BCUT2D eigenvalue weighted by Crippen LogP contribution is 2.27. The van der Waals surface area contributed by atoms with Crippen molar-refractivity contribution in [3.8, 4) is 0 Å². The number of halogens is 3. The second-order valence-electron chi connectivity index (χ2n) is 4.45. The maximum atomic E-state index is 13.0. The summed E-state index contributed by atoms with van der Waals surface area (Å²) >= 11 is 0. The highest BCUT2D eigenvalue weighted by atomic mass is 32.2. The van der Waals surface area contributed by atoms with Gasteiger partial charge in [-0.3, -0.25) is 0 Å². The first-order chi connectivity index (χ1) is 10.3. The Morgan fingerprint density at radius 1 is 0.955 bits per heavy atom. The fraction of sp³-hybridized carbons (Fsp3) is 0.0667. The van der Waals surface area contributed by atoms with E-state index < -0.39 is 27.8 Å². The molecule has 2 aromatic rings. The predicted octanol–water partition coefficient (Wildman–Crippen LogP) is 4.10. The van der Waals surface area contributed by atoms with Gasteiger partial charge in [-0.05, 0) is 43.3 Å². The van der Waals surface area contributed by atoms with Gasteiger partial charge < -0.3 is 4.18 Å². The first kappa shape index (κ1) is 16.1. The molecule has 2 aromatic carbocycles. The Morgan fingerprint density at radius 3 is 2.00 bits per heavy atom. The molecule has 0 heterocycles. The van der Waals surface area contributed by atoms with Crippen molar-refractivity contribution in [3.05, 3.63) is 71.6 Å². The van der Waals surface area contributed by atoms with Gasteiger partial charge in [-0.15, -0.1) is 0 Å². The van der Waals surface area contributed by atoms with E-state index in [4.69, 9.17) is 0 Å². The van der Waals surface area contributed by atoms with Crippen molar-refractivity contribution in [2.45, 2.75) is 11.8 Å². The Morgan fingerprint density at radius 2 is 1.50 bits per heavy atom. The largest absolute Gasteiger partial charge is 0.373 e. The Kier molecular flexibility index (Phi) is 4.56. The molecule has 0 aromatic heterocycles. The average Bonchev–Trinajstić information content (AvgIpc) is 2.46. The van der Waals surface area contributed by atoms with E-state index in [2.05, 4.69) is 4.18 Å². The maximum absolute atomic E-state index is 13.0. The average molecular weight is 328 g/mol. The summed E-state index contributed by atoms with van der Waals surface area (Å²) in [6.07, 6.45) is -2.32. The van der Waals surface area contributed by atoms with Crippen LogP contribution >= 0.6 is 0 Å². The normalized spacial score (nSPS) is 11.1. The highest BCUT2D eigenvalue weighted by Gasteiger charge is 2.22. The van der Waals surface area contributed by atoms with Crippen molar-refractivity contribution in [1.29, 1.82) is 0 Å². The topological polar surface area (TPSA) is 43.4 Å². The molecule has 22 heavy (non-hydrogen) atoms. The van der Waals surface area contributed by atoms with Crippen molar-refractivity contribution in [3.63, 3.8) is 0 Å². The molecular weight excluding hydrogens is 317 g/mol. The summed E-state index contributed by atoms with van der Waals surface area (Å²) in [5.41, 5.74) is 0.571. The van der Waals surface area contributed by atoms with Gasteiger partial charge in [0.1, 0.15) is 10.7 Å². The van der Waals surface area contributed by atoms with Crippen molar-refractivity contribution >= 4 is 15.9 Å². The molecule has 0 bridgehead atoms. The quantitative estimate of drug-likeness (QED) is 0.627. The van der Waals surface area contributed by atoms with Gasteiger partial charge >= 0.3 is 16.2 Å². The Labute approximate surface area is 125 Å². The van der Waals surface area contributed by atoms with Crippen LogP contribution in [0, 0.1) is 12.7 Å². The molecule has 0 N–H and O–H groups in total. The van der Waals surface area contributed by atoms with E-state index in [1.807, 2.05) is 0 Å². The van der Waals surface area contributed by atoms with Crippen LogP contribution in [-0.2, 0) is 14.3 Å². The molecule has 0 amide bonds. The van der Waals surface area contributed by atoms with Crippen LogP contribution in [0.2, 0.25) is 0 Å². The van der Waals surface area contributed by atoms with E-state index in [9.17, 15) is 21.6 Å². The summed E-state index contributed by atoms with van der Waals surface area (Å²) in [4.78, 5) is -0.251. The predicted molar refractivity (Wildman–Crippen MR) is 75.0 cm³/mol. The molecule has 0 spiro atoms. The monoisotopic (exact) mass is 328 g/mol. The van der Waals surface area contributed by atoms with Crippen LogP contribution in [0.3, 0.4) is 0 Å². The Balaban J connectivity index is 2.38. The Bertz CT molecular complexity index is 791. The lowest BCUT2D eigenvalue weighted by Gasteiger charge is -2.10. The summed E-state index contributed by atoms with van der Waals surface area (Å²) < 4.78 is 67.4. The van der Waals surface area contributed by atoms with Gasteiger partial charge in [-0.25, -0.2) is 4.39 Å². The number of aryl methyl sites for hydroxylation is 1. The van der Waals surface area contributed by atoms with E-state index >= 15 is 0 Å². The van der Waals surface area contributed by atoms with Gasteiger partial charge in [0.25, 0.3) is 0 Å². The third-order valence-electron chi connectivity index (χ3n) is 2.78. The van der Waals surface area contributed by atoms with Crippen LogP contribution < -0.4 is 0 Å². The summed E-state index contributed by atoms with van der Waals surface area (Å²) in [6, 6.07) is 9.42. The summed E-state index contributed by atoms with van der Waals surface area (Å²) in [6.45, 7) is 1.75. The zero-order valence-electron chi connectivity index (χ0n) is 11.4. The fourth-order valence-electron chi connectivity index (χ4n) is 1.65. The third kappa shape index (κ3) is 3.67. The number of benzene rings is 2. The minimum Gasteiger partial charge on any atom is -0.373 e. The van der Waals surface area contributed by atoms with E-state index in [0.29, 0.717) is 0 Å². The molecule has 116 valence electrons.